The van der Waals surface area contributed by atoms with Gasteiger partial charge in [-0.3, -0.25) is 10.1 Å². The van der Waals surface area contributed by atoms with Gasteiger partial charge in [0.05, 0.1) is 6.61 Å². The SMILES string of the molecule is CCC(CO)NC1(C(=O)O)CCCC1. The van der Waals surface area contributed by atoms with Gasteiger partial charge < -0.3 is 10.2 Å². The van der Waals surface area contributed by atoms with Crippen LogP contribution in [0.3, 0.4) is 0 Å². The lowest BCUT2D eigenvalue weighted by Crippen LogP contribution is -2.55. The minimum absolute atomic E-state index is 0.00549. The van der Waals surface area contributed by atoms with Gasteiger partial charge >= 0.3 is 5.97 Å². The van der Waals surface area contributed by atoms with Gasteiger partial charge in [-0.1, -0.05) is 19.8 Å². The molecule has 1 atom stereocenters. The maximum atomic E-state index is 11.1. The van der Waals surface area contributed by atoms with Crippen LogP contribution >= 0.6 is 0 Å². The molecule has 4 nitrogen and oxygen atoms in total. The number of hydrogen-bond donors (Lipinski definition) is 3. The number of aliphatic hydroxyl groups is 1. The van der Waals surface area contributed by atoms with Crippen molar-refractivity contribution in [2.45, 2.75) is 50.6 Å². The third-order valence-electron chi connectivity index (χ3n) is 3.06. The van der Waals surface area contributed by atoms with Crippen LogP contribution in [-0.2, 0) is 4.79 Å². The van der Waals surface area contributed by atoms with Crippen LogP contribution in [0.15, 0.2) is 0 Å². The molecule has 0 aromatic carbocycles. The van der Waals surface area contributed by atoms with E-state index in [4.69, 9.17) is 10.2 Å². The van der Waals surface area contributed by atoms with Crippen LogP contribution in [0.4, 0.5) is 0 Å². The van der Waals surface area contributed by atoms with Crippen LogP contribution in [0, 0.1) is 0 Å². The van der Waals surface area contributed by atoms with Crippen molar-refractivity contribution >= 4 is 5.97 Å². The molecule has 1 rings (SSSR count). The highest BCUT2D eigenvalue weighted by Crippen LogP contribution is 2.30. The molecule has 0 amide bonds. The lowest BCUT2D eigenvalue weighted by molar-refractivity contribution is -0.145. The number of carboxylic acid groups (broad SMARTS) is 1. The Morgan fingerprint density at radius 3 is 2.43 bits per heavy atom. The first-order valence-electron chi connectivity index (χ1n) is 5.26. The molecule has 82 valence electrons. The zero-order valence-electron chi connectivity index (χ0n) is 8.62. The molecule has 1 aliphatic carbocycles. The fourth-order valence-electron chi connectivity index (χ4n) is 2.07. The van der Waals surface area contributed by atoms with Crippen molar-refractivity contribution < 1.29 is 15.0 Å². The van der Waals surface area contributed by atoms with E-state index in [0.29, 0.717) is 12.8 Å². The van der Waals surface area contributed by atoms with E-state index in [1.54, 1.807) is 0 Å². The molecule has 0 spiro atoms. The van der Waals surface area contributed by atoms with E-state index in [-0.39, 0.29) is 12.6 Å². The molecule has 1 aliphatic rings. The molecule has 0 bridgehead atoms. The van der Waals surface area contributed by atoms with E-state index in [1.165, 1.54) is 0 Å². The second kappa shape index (κ2) is 4.75. The van der Waals surface area contributed by atoms with Gasteiger partial charge in [-0.05, 0) is 19.3 Å². The number of rotatable bonds is 5. The predicted octanol–water partition coefficient (Wildman–Crippen LogP) is 0.744. The standard InChI is InChI=1S/C10H19NO3/c1-2-8(7-12)11-10(9(13)14)5-3-4-6-10/h8,11-12H,2-7H2,1H3,(H,13,14). The molecule has 3 N–H and O–H groups in total. The highest BCUT2D eigenvalue weighted by molar-refractivity contribution is 5.79. The monoisotopic (exact) mass is 201 g/mol. The Labute approximate surface area is 84.3 Å². The second-order valence-corrected chi connectivity index (χ2v) is 4.03. The van der Waals surface area contributed by atoms with Crippen LogP contribution in [0.25, 0.3) is 0 Å². The molecule has 4 heteroatoms. The summed E-state index contributed by atoms with van der Waals surface area (Å²) >= 11 is 0. The molecule has 0 aliphatic heterocycles. The topological polar surface area (TPSA) is 69.6 Å². The Morgan fingerprint density at radius 1 is 1.50 bits per heavy atom. The summed E-state index contributed by atoms with van der Waals surface area (Å²) in [4.78, 5) is 11.1. The summed E-state index contributed by atoms with van der Waals surface area (Å²) in [5.41, 5.74) is -0.774. The third kappa shape index (κ3) is 2.25. The summed E-state index contributed by atoms with van der Waals surface area (Å²) < 4.78 is 0. The first-order chi connectivity index (χ1) is 6.64. The summed E-state index contributed by atoms with van der Waals surface area (Å²) in [7, 11) is 0. The molecule has 0 saturated heterocycles. The first kappa shape index (κ1) is 11.5. The fourth-order valence-corrected chi connectivity index (χ4v) is 2.07. The zero-order valence-corrected chi connectivity index (χ0v) is 8.62. The van der Waals surface area contributed by atoms with E-state index in [9.17, 15) is 4.79 Å². The Bertz CT molecular complexity index is 196. The minimum Gasteiger partial charge on any atom is -0.480 e. The number of nitrogens with one attached hydrogen (secondary N) is 1. The molecule has 1 saturated carbocycles. The molecular formula is C10H19NO3. The number of aliphatic hydroxyl groups excluding tert-OH is 1. The van der Waals surface area contributed by atoms with E-state index < -0.39 is 11.5 Å². The number of carbonyl (C=O) groups is 1. The van der Waals surface area contributed by atoms with Crippen LogP contribution in [0.1, 0.15) is 39.0 Å². The third-order valence-corrected chi connectivity index (χ3v) is 3.06. The Hall–Kier alpha value is -0.610. The van der Waals surface area contributed by atoms with Gasteiger partial charge in [0, 0.05) is 6.04 Å². The first-order valence-corrected chi connectivity index (χ1v) is 5.26. The minimum atomic E-state index is -0.776. The van der Waals surface area contributed by atoms with Crippen molar-refractivity contribution in [2.75, 3.05) is 6.61 Å². The van der Waals surface area contributed by atoms with Crippen molar-refractivity contribution in [1.29, 1.82) is 0 Å². The Balaban J connectivity index is 2.64. The van der Waals surface area contributed by atoms with Gasteiger partial charge in [0.25, 0.3) is 0 Å². The van der Waals surface area contributed by atoms with E-state index in [1.807, 2.05) is 6.92 Å². The molecule has 1 unspecified atom stereocenters. The molecule has 0 radical (unpaired) electrons. The van der Waals surface area contributed by atoms with Gasteiger partial charge in [0.2, 0.25) is 0 Å². The van der Waals surface area contributed by atoms with Gasteiger partial charge in [0.1, 0.15) is 5.54 Å². The summed E-state index contributed by atoms with van der Waals surface area (Å²) in [5, 5.41) is 21.3. The number of aliphatic carboxylic acids is 1. The van der Waals surface area contributed by atoms with Crippen LogP contribution in [-0.4, -0.2) is 34.4 Å². The van der Waals surface area contributed by atoms with Crippen molar-refractivity contribution in [3.05, 3.63) is 0 Å². The second-order valence-electron chi connectivity index (χ2n) is 4.03. The van der Waals surface area contributed by atoms with Crippen LogP contribution in [0.2, 0.25) is 0 Å². The van der Waals surface area contributed by atoms with Crippen LogP contribution < -0.4 is 5.32 Å². The molecule has 14 heavy (non-hydrogen) atoms. The average Bonchev–Trinajstić information content (AvgIpc) is 2.64. The summed E-state index contributed by atoms with van der Waals surface area (Å²) in [6, 6.07) is -0.0933. The Morgan fingerprint density at radius 2 is 2.07 bits per heavy atom. The predicted molar refractivity (Wildman–Crippen MR) is 53.1 cm³/mol. The smallest absolute Gasteiger partial charge is 0.323 e. The highest BCUT2D eigenvalue weighted by Gasteiger charge is 2.42. The highest BCUT2D eigenvalue weighted by atomic mass is 16.4. The van der Waals surface area contributed by atoms with Crippen LogP contribution in [0.5, 0.6) is 0 Å². The molecule has 0 heterocycles. The molecule has 0 aromatic heterocycles. The molecule has 1 fully saturated rings. The largest absolute Gasteiger partial charge is 0.480 e. The van der Waals surface area contributed by atoms with Gasteiger partial charge in [0.15, 0.2) is 0 Å². The Kier molecular flexibility index (Phi) is 3.89. The fraction of sp³-hybridized carbons (Fsp3) is 0.900. The summed E-state index contributed by atoms with van der Waals surface area (Å²) in [5.74, 6) is -0.776. The number of hydrogen-bond acceptors (Lipinski definition) is 3. The average molecular weight is 201 g/mol. The van der Waals surface area contributed by atoms with Crippen molar-refractivity contribution in [3.8, 4) is 0 Å². The summed E-state index contributed by atoms with van der Waals surface area (Å²) in [6.07, 6.45) is 4.03. The van der Waals surface area contributed by atoms with E-state index >= 15 is 0 Å². The lowest BCUT2D eigenvalue weighted by Gasteiger charge is -2.29. The van der Waals surface area contributed by atoms with Gasteiger partial charge in [-0.2, -0.15) is 0 Å². The van der Waals surface area contributed by atoms with Crippen molar-refractivity contribution in [3.63, 3.8) is 0 Å². The maximum Gasteiger partial charge on any atom is 0.323 e. The summed E-state index contributed by atoms with van der Waals surface area (Å²) in [6.45, 7) is 1.95. The molecular weight excluding hydrogens is 182 g/mol. The van der Waals surface area contributed by atoms with Gasteiger partial charge in [-0.25, -0.2) is 0 Å². The molecule has 0 aromatic rings. The van der Waals surface area contributed by atoms with Crippen molar-refractivity contribution in [1.82, 2.24) is 5.32 Å². The maximum absolute atomic E-state index is 11.1. The zero-order chi connectivity index (χ0) is 10.6. The normalized spacial score (nSPS) is 22.1. The van der Waals surface area contributed by atoms with Gasteiger partial charge in [-0.15, -0.1) is 0 Å². The van der Waals surface area contributed by atoms with E-state index in [2.05, 4.69) is 5.32 Å². The van der Waals surface area contributed by atoms with E-state index in [0.717, 1.165) is 19.3 Å². The number of carboxylic acids is 1. The lowest BCUT2D eigenvalue weighted by atomic mass is 9.96. The van der Waals surface area contributed by atoms with Crippen molar-refractivity contribution in [2.24, 2.45) is 0 Å². The quantitative estimate of drug-likeness (QED) is 0.613.